The molecular formula is C11H14BrNO3S. The number of aliphatic carboxylic acids is 1. The van der Waals surface area contributed by atoms with Crippen molar-refractivity contribution < 1.29 is 14.7 Å². The van der Waals surface area contributed by atoms with Crippen molar-refractivity contribution in [3.05, 3.63) is 22.4 Å². The van der Waals surface area contributed by atoms with E-state index >= 15 is 0 Å². The monoisotopic (exact) mass is 319 g/mol. The maximum atomic E-state index is 11.7. The lowest BCUT2D eigenvalue weighted by Crippen LogP contribution is -2.34. The Labute approximate surface area is 112 Å². The summed E-state index contributed by atoms with van der Waals surface area (Å²) in [6.07, 6.45) is 0.561. The number of amides is 1. The molecule has 0 radical (unpaired) electrons. The van der Waals surface area contributed by atoms with Gasteiger partial charge in [0.1, 0.15) is 0 Å². The van der Waals surface area contributed by atoms with E-state index in [4.69, 9.17) is 5.11 Å². The molecule has 0 bridgehead atoms. The van der Waals surface area contributed by atoms with Gasteiger partial charge < -0.3 is 10.4 Å². The molecule has 0 aliphatic heterocycles. The van der Waals surface area contributed by atoms with E-state index in [1.165, 1.54) is 11.3 Å². The van der Waals surface area contributed by atoms with Crippen molar-refractivity contribution >= 4 is 39.1 Å². The fourth-order valence-electron chi connectivity index (χ4n) is 1.33. The van der Waals surface area contributed by atoms with Crippen LogP contribution in [0, 0.1) is 0 Å². The third-order valence-electron chi connectivity index (χ3n) is 2.22. The van der Waals surface area contributed by atoms with Crippen LogP contribution in [0.2, 0.25) is 0 Å². The number of carbonyl (C=O) groups excluding carboxylic acids is 1. The maximum absolute atomic E-state index is 11.7. The first kappa shape index (κ1) is 14.2. The molecule has 6 heteroatoms. The van der Waals surface area contributed by atoms with Crippen LogP contribution in [-0.2, 0) is 9.59 Å². The van der Waals surface area contributed by atoms with Crippen molar-refractivity contribution in [1.82, 2.24) is 5.32 Å². The molecule has 0 spiro atoms. The molecule has 1 rings (SSSR count). The first-order valence-corrected chi connectivity index (χ1v) is 7.03. The third kappa shape index (κ3) is 4.47. The molecule has 2 unspecified atom stereocenters. The van der Waals surface area contributed by atoms with Crippen molar-refractivity contribution in [2.45, 2.75) is 30.6 Å². The molecule has 0 saturated heterocycles. The lowest BCUT2D eigenvalue weighted by atomic mass is 10.1. The standard InChI is InChI=1S/C11H14BrNO3S/c1-2-7(12)11(16)13-8(6-10(14)15)9-4-3-5-17-9/h3-5,7-8H,2,6H2,1H3,(H,13,16)(H,14,15). The van der Waals surface area contributed by atoms with Crippen molar-refractivity contribution in [3.8, 4) is 0 Å². The van der Waals surface area contributed by atoms with Gasteiger partial charge in [0, 0.05) is 4.88 Å². The van der Waals surface area contributed by atoms with Gasteiger partial charge in [-0.1, -0.05) is 28.9 Å². The van der Waals surface area contributed by atoms with Gasteiger partial charge in [-0.25, -0.2) is 0 Å². The molecule has 1 amide bonds. The van der Waals surface area contributed by atoms with E-state index < -0.39 is 12.0 Å². The van der Waals surface area contributed by atoms with Crippen molar-refractivity contribution in [3.63, 3.8) is 0 Å². The van der Waals surface area contributed by atoms with Crippen molar-refractivity contribution in [1.29, 1.82) is 0 Å². The summed E-state index contributed by atoms with van der Waals surface area (Å²) in [7, 11) is 0. The molecule has 0 aliphatic rings. The molecule has 0 fully saturated rings. The molecule has 2 atom stereocenters. The smallest absolute Gasteiger partial charge is 0.305 e. The number of hydrogen-bond donors (Lipinski definition) is 2. The first-order chi connectivity index (χ1) is 8.04. The van der Waals surface area contributed by atoms with Gasteiger partial charge in [-0.15, -0.1) is 11.3 Å². The van der Waals surface area contributed by atoms with Crippen LogP contribution < -0.4 is 5.32 Å². The Morgan fingerprint density at radius 1 is 1.59 bits per heavy atom. The minimum atomic E-state index is -0.925. The van der Waals surface area contributed by atoms with Crippen LogP contribution in [0.1, 0.15) is 30.7 Å². The second-order valence-electron chi connectivity index (χ2n) is 3.55. The summed E-state index contributed by atoms with van der Waals surface area (Å²) in [4.78, 5) is 23.1. The number of nitrogens with one attached hydrogen (secondary N) is 1. The van der Waals surface area contributed by atoms with Crippen LogP contribution in [0.5, 0.6) is 0 Å². The van der Waals surface area contributed by atoms with Gasteiger partial charge in [0.15, 0.2) is 0 Å². The molecule has 1 heterocycles. The zero-order chi connectivity index (χ0) is 12.8. The molecule has 0 aromatic carbocycles. The van der Waals surface area contributed by atoms with Gasteiger partial charge in [0.25, 0.3) is 0 Å². The minimum absolute atomic E-state index is 0.102. The van der Waals surface area contributed by atoms with E-state index in [1.807, 2.05) is 24.4 Å². The summed E-state index contributed by atoms with van der Waals surface area (Å²) in [6, 6.07) is 3.21. The van der Waals surface area contributed by atoms with E-state index in [0.717, 1.165) is 4.88 Å². The van der Waals surface area contributed by atoms with Crippen LogP contribution in [0.15, 0.2) is 17.5 Å². The van der Waals surface area contributed by atoms with Gasteiger partial charge in [0.2, 0.25) is 5.91 Å². The second kappa shape index (κ2) is 6.76. The molecule has 0 saturated carbocycles. The van der Waals surface area contributed by atoms with Crippen molar-refractivity contribution in [2.75, 3.05) is 0 Å². The van der Waals surface area contributed by atoms with Gasteiger partial charge in [-0.05, 0) is 17.9 Å². The summed E-state index contributed by atoms with van der Waals surface area (Å²) in [6.45, 7) is 1.89. The van der Waals surface area contributed by atoms with Crippen LogP contribution >= 0.6 is 27.3 Å². The molecule has 17 heavy (non-hydrogen) atoms. The fraction of sp³-hybridized carbons (Fsp3) is 0.455. The summed E-state index contributed by atoms with van der Waals surface area (Å²) in [5.41, 5.74) is 0. The molecule has 94 valence electrons. The van der Waals surface area contributed by atoms with E-state index in [1.54, 1.807) is 0 Å². The van der Waals surface area contributed by atoms with Crippen LogP contribution in [0.25, 0.3) is 0 Å². The molecular weight excluding hydrogens is 306 g/mol. The number of carbonyl (C=O) groups is 2. The van der Waals surface area contributed by atoms with E-state index in [-0.39, 0.29) is 17.2 Å². The number of carboxylic acids is 1. The Kier molecular flexibility index (Phi) is 5.64. The van der Waals surface area contributed by atoms with Crippen LogP contribution in [0.3, 0.4) is 0 Å². The van der Waals surface area contributed by atoms with Crippen molar-refractivity contribution in [2.24, 2.45) is 0 Å². The quantitative estimate of drug-likeness (QED) is 0.792. The summed E-state index contributed by atoms with van der Waals surface area (Å²) in [5, 5.41) is 13.4. The highest BCUT2D eigenvalue weighted by Gasteiger charge is 2.21. The normalized spacial score (nSPS) is 14.0. The highest BCUT2D eigenvalue weighted by atomic mass is 79.9. The summed E-state index contributed by atoms with van der Waals surface area (Å²) >= 11 is 4.69. The third-order valence-corrected chi connectivity index (χ3v) is 4.27. The van der Waals surface area contributed by atoms with Crippen LogP contribution in [-0.4, -0.2) is 21.8 Å². The first-order valence-electron chi connectivity index (χ1n) is 5.24. The zero-order valence-electron chi connectivity index (χ0n) is 9.35. The number of alkyl halides is 1. The average Bonchev–Trinajstić information content (AvgIpc) is 2.79. The largest absolute Gasteiger partial charge is 0.481 e. The number of halogens is 1. The molecule has 1 aromatic heterocycles. The number of carboxylic acid groups (broad SMARTS) is 1. The number of hydrogen-bond acceptors (Lipinski definition) is 3. The van der Waals surface area contributed by atoms with Gasteiger partial charge in [-0.3, -0.25) is 9.59 Å². The molecule has 0 aliphatic carbocycles. The second-order valence-corrected chi connectivity index (χ2v) is 5.63. The van der Waals surface area contributed by atoms with E-state index in [9.17, 15) is 9.59 Å². The molecule has 2 N–H and O–H groups in total. The zero-order valence-corrected chi connectivity index (χ0v) is 11.8. The molecule has 4 nitrogen and oxygen atoms in total. The van der Waals surface area contributed by atoms with E-state index in [0.29, 0.717) is 6.42 Å². The van der Waals surface area contributed by atoms with Crippen LogP contribution in [0.4, 0.5) is 0 Å². The minimum Gasteiger partial charge on any atom is -0.481 e. The Balaban J connectivity index is 2.71. The highest BCUT2D eigenvalue weighted by molar-refractivity contribution is 9.10. The Bertz CT molecular complexity index is 380. The topological polar surface area (TPSA) is 66.4 Å². The number of thiophene rings is 1. The Morgan fingerprint density at radius 3 is 2.76 bits per heavy atom. The SMILES string of the molecule is CCC(Br)C(=O)NC(CC(=O)O)c1cccs1. The summed E-state index contributed by atoms with van der Waals surface area (Å²) in [5.74, 6) is -1.10. The Hall–Kier alpha value is -0.880. The van der Waals surface area contributed by atoms with E-state index in [2.05, 4.69) is 21.2 Å². The Morgan fingerprint density at radius 2 is 2.29 bits per heavy atom. The lowest BCUT2D eigenvalue weighted by Gasteiger charge is -2.17. The summed E-state index contributed by atoms with van der Waals surface area (Å²) < 4.78 is 0. The predicted octanol–water partition coefficient (Wildman–Crippen LogP) is 2.55. The lowest BCUT2D eigenvalue weighted by molar-refractivity contribution is -0.137. The maximum Gasteiger partial charge on any atom is 0.305 e. The van der Waals surface area contributed by atoms with Gasteiger partial charge >= 0.3 is 5.97 Å². The van der Waals surface area contributed by atoms with Gasteiger partial charge in [-0.2, -0.15) is 0 Å². The van der Waals surface area contributed by atoms with Gasteiger partial charge in [0.05, 0.1) is 17.3 Å². The molecule has 1 aromatic rings. The predicted molar refractivity (Wildman–Crippen MR) is 70.5 cm³/mol. The fourth-order valence-corrected chi connectivity index (χ4v) is 2.24. The highest BCUT2D eigenvalue weighted by Crippen LogP contribution is 2.22. The average molecular weight is 320 g/mol. The number of rotatable bonds is 6.